The summed E-state index contributed by atoms with van der Waals surface area (Å²) < 4.78 is 19.4. The zero-order valence-electron chi connectivity index (χ0n) is 16.9. The van der Waals surface area contributed by atoms with Crippen LogP contribution in [0.3, 0.4) is 0 Å². The van der Waals surface area contributed by atoms with Crippen LogP contribution in [0, 0.1) is 5.92 Å². The molecule has 0 aromatic rings. The molecule has 0 aromatic heterocycles. The van der Waals surface area contributed by atoms with E-state index >= 15 is 0 Å². The summed E-state index contributed by atoms with van der Waals surface area (Å²) in [5.74, 6) is -0.00559. The minimum absolute atomic E-state index is 0.00992. The third kappa shape index (κ3) is 2.27. The van der Waals surface area contributed by atoms with Crippen LogP contribution in [0.4, 0.5) is 0 Å². The third-order valence-corrected chi connectivity index (χ3v) is 7.52. The minimum atomic E-state index is -0.562. The van der Waals surface area contributed by atoms with E-state index in [9.17, 15) is 0 Å². The van der Waals surface area contributed by atoms with E-state index < -0.39 is 17.0 Å². The minimum Gasteiger partial charge on any atom is -0.363 e. The first-order chi connectivity index (χ1) is 12.0. The van der Waals surface area contributed by atoms with Gasteiger partial charge < -0.3 is 14.2 Å². The largest absolute Gasteiger partial charge is 0.363 e. The molecule has 0 radical (unpaired) electrons. The molecule has 7 unspecified atom stereocenters. The van der Waals surface area contributed by atoms with Crippen molar-refractivity contribution in [1.29, 1.82) is 0 Å². The Morgan fingerprint density at radius 2 is 1.77 bits per heavy atom. The van der Waals surface area contributed by atoms with Crippen LogP contribution in [-0.4, -0.2) is 40.4 Å². The highest BCUT2D eigenvalue weighted by Gasteiger charge is 2.69. The van der Waals surface area contributed by atoms with Crippen molar-refractivity contribution in [2.45, 2.75) is 114 Å². The molecule has 4 fully saturated rings. The predicted octanol–water partition coefficient (Wildman–Crippen LogP) is 4.05. The summed E-state index contributed by atoms with van der Waals surface area (Å²) in [6, 6.07) is 0. The van der Waals surface area contributed by atoms with Gasteiger partial charge in [0.2, 0.25) is 0 Å². The second-order valence-corrected chi connectivity index (χ2v) is 10.4. The summed E-state index contributed by atoms with van der Waals surface area (Å²) in [6.07, 6.45) is 7.17. The summed E-state index contributed by atoms with van der Waals surface area (Å²) in [5.41, 5.74) is -0.294. The summed E-state index contributed by atoms with van der Waals surface area (Å²) in [5, 5.41) is 0. The van der Waals surface area contributed by atoms with E-state index in [2.05, 4.69) is 47.6 Å². The number of hydrogen-bond acceptors (Lipinski definition) is 5. The molecule has 0 amide bonds. The molecule has 26 heavy (non-hydrogen) atoms. The molecule has 3 bridgehead atoms. The van der Waals surface area contributed by atoms with Crippen molar-refractivity contribution in [2.75, 3.05) is 0 Å². The van der Waals surface area contributed by atoms with E-state index in [0.717, 1.165) is 32.1 Å². The van der Waals surface area contributed by atoms with Gasteiger partial charge in [-0.1, -0.05) is 13.0 Å². The quantitative estimate of drug-likeness (QED) is 0.369. The monoisotopic (exact) mass is 364 g/mol. The number of hydrogen-bond donors (Lipinski definition) is 0. The second kappa shape index (κ2) is 4.93. The van der Waals surface area contributed by atoms with Gasteiger partial charge in [0, 0.05) is 18.8 Å². The average Bonchev–Trinajstić information content (AvgIpc) is 2.82. The molecule has 5 heteroatoms. The molecule has 146 valence electrons. The first kappa shape index (κ1) is 17.6. The van der Waals surface area contributed by atoms with Crippen LogP contribution in [0.25, 0.3) is 0 Å². The lowest BCUT2D eigenvalue weighted by molar-refractivity contribution is -0.343. The Morgan fingerprint density at radius 3 is 2.54 bits per heavy atom. The molecule has 0 saturated carbocycles. The first-order valence-electron chi connectivity index (χ1n) is 10.1. The molecule has 0 aliphatic carbocycles. The van der Waals surface area contributed by atoms with Crippen LogP contribution in [0.5, 0.6) is 0 Å². The molecule has 1 spiro atoms. The van der Waals surface area contributed by atoms with Crippen LogP contribution in [-0.2, 0) is 24.0 Å². The molecule has 5 aliphatic heterocycles. The van der Waals surface area contributed by atoms with E-state index in [-0.39, 0.29) is 23.4 Å². The van der Waals surface area contributed by atoms with Crippen LogP contribution in [0.2, 0.25) is 0 Å². The van der Waals surface area contributed by atoms with E-state index in [1.54, 1.807) is 0 Å². The molecule has 5 aliphatic rings. The third-order valence-electron chi connectivity index (χ3n) is 7.52. The predicted molar refractivity (Wildman–Crippen MR) is 95.4 cm³/mol. The van der Waals surface area contributed by atoms with Gasteiger partial charge in [-0.15, -0.1) is 0 Å². The molecule has 0 aromatic carbocycles. The van der Waals surface area contributed by atoms with Gasteiger partial charge in [-0.05, 0) is 59.5 Å². The molecule has 5 rings (SSSR count). The van der Waals surface area contributed by atoms with Crippen molar-refractivity contribution >= 4 is 0 Å². The lowest BCUT2D eigenvalue weighted by Gasteiger charge is -2.34. The maximum Gasteiger partial charge on any atom is 0.172 e. The maximum absolute atomic E-state index is 6.65. The molecule has 0 N–H and O–H groups in total. The van der Waals surface area contributed by atoms with Crippen molar-refractivity contribution in [3.8, 4) is 0 Å². The van der Waals surface area contributed by atoms with E-state index in [4.69, 9.17) is 24.0 Å². The Hall–Kier alpha value is -0.460. The first-order valence-corrected chi connectivity index (χ1v) is 10.1. The number of epoxide rings is 1. The highest BCUT2D eigenvalue weighted by atomic mass is 17.2. The second-order valence-electron chi connectivity index (χ2n) is 10.4. The van der Waals surface area contributed by atoms with Crippen molar-refractivity contribution < 1.29 is 24.0 Å². The van der Waals surface area contributed by atoms with Gasteiger partial charge in [0.15, 0.2) is 11.4 Å². The van der Waals surface area contributed by atoms with Crippen LogP contribution >= 0.6 is 0 Å². The van der Waals surface area contributed by atoms with Crippen molar-refractivity contribution in [3.05, 3.63) is 11.6 Å². The van der Waals surface area contributed by atoms with Gasteiger partial charge in [0.05, 0.1) is 17.3 Å². The van der Waals surface area contributed by atoms with Crippen molar-refractivity contribution in [2.24, 2.45) is 5.92 Å². The number of fused-ring (bicyclic) bond motifs is 5. The standard InChI is InChI=1S/C21H32O5/c1-13-11-14-12-19(5)16(23-19)20(6)15(17(2,3)25-26-20)7-8-18(4)9-10-21(13,22-14)24-18/h7,13-14,16H,8-12H2,1-6H3. The molecule has 5 nitrogen and oxygen atoms in total. The fourth-order valence-corrected chi connectivity index (χ4v) is 6.04. The summed E-state index contributed by atoms with van der Waals surface area (Å²) in [4.78, 5) is 11.7. The zero-order chi connectivity index (χ0) is 18.6. The van der Waals surface area contributed by atoms with E-state index in [1.807, 2.05) is 0 Å². The molecule has 7 atom stereocenters. The normalized spacial score (nSPS) is 57.6. The maximum atomic E-state index is 6.65. The Kier molecular flexibility index (Phi) is 3.34. The summed E-state index contributed by atoms with van der Waals surface area (Å²) in [7, 11) is 0. The van der Waals surface area contributed by atoms with E-state index in [1.165, 1.54) is 5.57 Å². The Balaban J connectivity index is 1.57. The van der Waals surface area contributed by atoms with Gasteiger partial charge in [-0.2, -0.15) is 0 Å². The zero-order valence-corrected chi connectivity index (χ0v) is 16.9. The smallest absolute Gasteiger partial charge is 0.172 e. The molecule has 5 heterocycles. The Labute approximate surface area is 156 Å². The Morgan fingerprint density at radius 1 is 1.00 bits per heavy atom. The lowest BCUT2D eigenvalue weighted by atomic mass is 9.77. The van der Waals surface area contributed by atoms with Gasteiger partial charge >= 0.3 is 0 Å². The number of ether oxygens (including phenoxy) is 3. The molecular weight excluding hydrogens is 332 g/mol. The Bertz CT molecular complexity index is 673. The average molecular weight is 364 g/mol. The highest BCUT2D eigenvalue weighted by Crippen LogP contribution is 2.59. The fraction of sp³-hybridized carbons (Fsp3) is 0.905. The fourth-order valence-electron chi connectivity index (χ4n) is 6.04. The molecule has 4 saturated heterocycles. The van der Waals surface area contributed by atoms with Crippen molar-refractivity contribution in [1.82, 2.24) is 0 Å². The summed E-state index contributed by atoms with van der Waals surface area (Å²) in [6.45, 7) is 12.9. The highest BCUT2D eigenvalue weighted by molar-refractivity contribution is 5.34. The van der Waals surface area contributed by atoms with Gasteiger partial charge in [-0.25, -0.2) is 9.78 Å². The van der Waals surface area contributed by atoms with Gasteiger partial charge in [0.1, 0.15) is 11.7 Å². The van der Waals surface area contributed by atoms with Crippen LogP contribution in [0.1, 0.15) is 73.6 Å². The van der Waals surface area contributed by atoms with Crippen molar-refractivity contribution in [3.63, 3.8) is 0 Å². The van der Waals surface area contributed by atoms with E-state index in [0.29, 0.717) is 5.92 Å². The SMILES string of the molecule is CC1CC2CC3(C)OC3C3(C)OOC(C)(C)C3=CCC3(C)CCC1(O2)O3. The molecular formula is C21H32O5. The lowest BCUT2D eigenvalue weighted by Crippen LogP contribution is -2.42. The van der Waals surface area contributed by atoms with Crippen LogP contribution < -0.4 is 0 Å². The van der Waals surface area contributed by atoms with Gasteiger partial charge in [0.25, 0.3) is 0 Å². The van der Waals surface area contributed by atoms with Gasteiger partial charge in [-0.3, -0.25) is 0 Å². The number of rotatable bonds is 0. The topological polar surface area (TPSA) is 49.5 Å². The summed E-state index contributed by atoms with van der Waals surface area (Å²) >= 11 is 0. The van der Waals surface area contributed by atoms with Crippen LogP contribution in [0.15, 0.2) is 11.6 Å².